The number of aromatic nitrogens is 5. The topological polar surface area (TPSA) is 108 Å². The molecule has 10 nitrogen and oxygen atoms in total. The van der Waals surface area contributed by atoms with Crippen molar-refractivity contribution >= 4 is 38.6 Å². The van der Waals surface area contributed by atoms with Gasteiger partial charge in [-0.3, -0.25) is 9.48 Å². The number of oxazole rings is 1. The normalized spacial score (nSPS) is 14.6. The van der Waals surface area contributed by atoms with Gasteiger partial charge in [-0.15, -0.1) is 11.3 Å². The first-order valence-corrected chi connectivity index (χ1v) is 15.4. The first kappa shape index (κ1) is 29.7. The first-order chi connectivity index (χ1) is 22.2. The summed E-state index contributed by atoms with van der Waals surface area (Å²) in [7, 11) is 1.52. The van der Waals surface area contributed by atoms with Gasteiger partial charge in [0.25, 0.3) is 0 Å². The van der Waals surface area contributed by atoms with Gasteiger partial charge in [0.1, 0.15) is 40.9 Å². The number of amides is 1. The van der Waals surface area contributed by atoms with E-state index in [0.29, 0.717) is 63.1 Å². The summed E-state index contributed by atoms with van der Waals surface area (Å²) in [5.74, 6) is -1.26. The smallest absolute Gasteiger partial charge is 0.246 e. The van der Waals surface area contributed by atoms with Crippen molar-refractivity contribution in [1.29, 1.82) is 0 Å². The number of carbonyl (C=O) groups is 1. The number of rotatable bonds is 8. The minimum atomic E-state index is -0.806. The predicted molar refractivity (Wildman–Crippen MR) is 169 cm³/mol. The number of methoxy groups -OCH3 is 1. The highest BCUT2D eigenvalue weighted by atomic mass is 32.1. The molecule has 6 aromatic rings. The van der Waals surface area contributed by atoms with Gasteiger partial charge in [0.15, 0.2) is 5.89 Å². The highest BCUT2D eigenvalue weighted by Gasteiger charge is 2.30. The Bertz CT molecular complexity index is 2160. The SMILES string of the molecule is C=CC(=O)N1Cc2cc(-c3nc(-c4cnc5oc(C)nc5c4)c4ccsc4c3-c3c(F)cc(F)cc3OCCOC)nn2C[C@H]1C. The molecule has 1 aliphatic rings. The second-order valence-corrected chi connectivity index (χ2v) is 11.9. The molecular weight excluding hydrogens is 614 g/mol. The minimum absolute atomic E-state index is 0.0153. The van der Waals surface area contributed by atoms with Crippen LogP contribution in [0, 0.1) is 18.6 Å². The largest absolute Gasteiger partial charge is 0.490 e. The van der Waals surface area contributed by atoms with E-state index in [4.69, 9.17) is 24.0 Å². The number of halogens is 2. The van der Waals surface area contributed by atoms with Crippen molar-refractivity contribution in [1.82, 2.24) is 29.6 Å². The van der Waals surface area contributed by atoms with Gasteiger partial charge in [0.2, 0.25) is 11.6 Å². The standard InChI is InChI=1S/C33H28F2N6O4S/c1-5-27(42)40-16-21-13-24(39-41(21)15-17(40)2)31-29(28-23(35)11-20(34)12-26(28)44-8-7-43-4)32-22(6-9-46-32)30(38-31)19-10-25-33(36-14-19)45-18(3)37-25/h5-6,9-14,17H,1,7-8,15-16H2,2-4H3/t17-/m1/s1. The first-order valence-electron chi connectivity index (χ1n) is 14.5. The molecule has 0 fully saturated rings. The summed E-state index contributed by atoms with van der Waals surface area (Å²) in [5, 5.41) is 7.53. The Labute approximate surface area is 265 Å². The fraction of sp³-hybridized carbons (Fsp3) is 0.242. The number of pyridine rings is 2. The highest BCUT2D eigenvalue weighted by Crippen LogP contribution is 2.47. The molecule has 6 heterocycles. The van der Waals surface area contributed by atoms with Crippen LogP contribution < -0.4 is 4.74 Å². The van der Waals surface area contributed by atoms with E-state index in [1.165, 1.54) is 24.5 Å². The van der Waals surface area contributed by atoms with Gasteiger partial charge in [-0.25, -0.2) is 23.7 Å². The molecule has 5 aromatic heterocycles. The van der Waals surface area contributed by atoms with Crippen molar-refractivity contribution < 1.29 is 27.5 Å². The summed E-state index contributed by atoms with van der Waals surface area (Å²) in [6.07, 6.45) is 2.95. The third kappa shape index (κ3) is 5.11. The van der Waals surface area contributed by atoms with Crippen LogP contribution in [0.3, 0.4) is 0 Å². The van der Waals surface area contributed by atoms with E-state index in [2.05, 4.69) is 16.5 Å². The lowest BCUT2D eigenvalue weighted by Gasteiger charge is -2.33. The number of benzene rings is 1. The summed E-state index contributed by atoms with van der Waals surface area (Å²) in [6, 6.07) is 7.46. The van der Waals surface area contributed by atoms with Crippen LogP contribution in [0.5, 0.6) is 5.75 Å². The molecule has 0 unspecified atom stereocenters. The van der Waals surface area contributed by atoms with Crippen LogP contribution >= 0.6 is 11.3 Å². The van der Waals surface area contributed by atoms with Crippen molar-refractivity contribution in [3.8, 4) is 39.5 Å². The fourth-order valence-corrected chi connectivity index (χ4v) is 6.76. The summed E-state index contributed by atoms with van der Waals surface area (Å²) in [4.78, 5) is 28.3. The molecule has 0 N–H and O–H groups in total. The van der Waals surface area contributed by atoms with Gasteiger partial charge >= 0.3 is 0 Å². The average Bonchev–Trinajstić information content (AvgIpc) is 3.77. The predicted octanol–water partition coefficient (Wildman–Crippen LogP) is 6.56. The Morgan fingerprint density at radius 2 is 2.02 bits per heavy atom. The van der Waals surface area contributed by atoms with E-state index in [9.17, 15) is 9.18 Å². The molecule has 0 aliphatic carbocycles. The Morgan fingerprint density at radius 1 is 1.17 bits per heavy atom. The zero-order valence-electron chi connectivity index (χ0n) is 25.2. The molecule has 1 atom stereocenters. The summed E-state index contributed by atoms with van der Waals surface area (Å²) >= 11 is 1.39. The monoisotopic (exact) mass is 642 g/mol. The number of ether oxygens (including phenoxy) is 2. The molecule has 46 heavy (non-hydrogen) atoms. The van der Waals surface area contributed by atoms with E-state index >= 15 is 4.39 Å². The van der Waals surface area contributed by atoms with Crippen LogP contribution in [-0.4, -0.2) is 61.9 Å². The third-order valence-corrected chi connectivity index (χ3v) is 8.85. The summed E-state index contributed by atoms with van der Waals surface area (Å²) < 4.78 is 49.7. The van der Waals surface area contributed by atoms with E-state index in [-0.39, 0.29) is 36.5 Å². The van der Waals surface area contributed by atoms with Crippen LogP contribution in [0.2, 0.25) is 0 Å². The maximum absolute atomic E-state index is 16.0. The average molecular weight is 643 g/mol. The third-order valence-electron chi connectivity index (χ3n) is 7.91. The van der Waals surface area contributed by atoms with Crippen LogP contribution in [0.15, 0.2) is 59.0 Å². The number of fused-ring (bicyclic) bond motifs is 3. The Hall–Kier alpha value is -5.01. The van der Waals surface area contributed by atoms with Gasteiger partial charge < -0.3 is 18.8 Å². The number of thiophene rings is 1. The molecule has 7 rings (SSSR count). The van der Waals surface area contributed by atoms with E-state index in [0.717, 1.165) is 23.2 Å². The Kier molecular flexibility index (Phi) is 7.57. The van der Waals surface area contributed by atoms with Gasteiger partial charge in [0, 0.05) is 59.6 Å². The quantitative estimate of drug-likeness (QED) is 0.136. The summed E-state index contributed by atoms with van der Waals surface area (Å²) in [5.41, 5.74) is 4.30. The molecule has 0 saturated carbocycles. The van der Waals surface area contributed by atoms with Gasteiger partial charge in [0.05, 0.1) is 36.6 Å². The number of carbonyl (C=O) groups excluding carboxylic acids is 1. The second kappa shape index (κ2) is 11.7. The summed E-state index contributed by atoms with van der Waals surface area (Å²) in [6.45, 7) is 8.38. The molecule has 1 aromatic carbocycles. The van der Waals surface area contributed by atoms with Crippen LogP contribution in [0.25, 0.3) is 55.1 Å². The van der Waals surface area contributed by atoms with Crippen molar-refractivity contribution in [3.63, 3.8) is 0 Å². The molecule has 0 bridgehead atoms. The van der Waals surface area contributed by atoms with E-state index < -0.39 is 11.6 Å². The van der Waals surface area contributed by atoms with Crippen molar-refractivity contribution in [2.24, 2.45) is 0 Å². The molecule has 1 amide bonds. The zero-order chi connectivity index (χ0) is 32.1. The number of aryl methyl sites for hydroxylation is 1. The number of nitrogens with zero attached hydrogens (tertiary/aromatic N) is 6. The van der Waals surface area contributed by atoms with Crippen LogP contribution in [0.1, 0.15) is 18.5 Å². The fourth-order valence-electron chi connectivity index (χ4n) is 5.81. The lowest BCUT2D eigenvalue weighted by Crippen LogP contribution is -2.44. The second-order valence-electron chi connectivity index (χ2n) is 11.0. The Morgan fingerprint density at radius 3 is 2.83 bits per heavy atom. The Balaban J connectivity index is 1.49. The maximum atomic E-state index is 16.0. The molecule has 0 spiro atoms. The lowest BCUT2D eigenvalue weighted by molar-refractivity contribution is -0.129. The van der Waals surface area contributed by atoms with E-state index in [1.807, 2.05) is 35.2 Å². The highest BCUT2D eigenvalue weighted by molar-refractivity contribution is 7.18. The molecular formula is C33H28F2N6O4S. The molecule has 1 aliphatic heterocycles. The van der Waals surface area contributed by atoms with Crippen molar-refractivity contribution in [2.45, 2.75) is 33.0 Å². The van der Waals surface area contributed by atoms with Crippen molar-refractivity contribution in [2.75, 3.05) is 20.3 Å². The van der Waals surface area contributed by atoms with Crippen molar-refractivity contribution in [3.05, 3.63) is 77.8 Å². The molecule has 13 heteroatoms. The van der Waals surface area contributed by atoms with Crippen LogP contribution in [-0.2, 0) is 22.6 Å². The van der Waals surface area contributed by atoms with Crippen LogP contribution in [0.4, 0.5) is 8.78 Å². The number of hydrogen-bond acceptors (Lipinski definition) is 9. The van der Waals surface area contributed by atoms with Gasteiger partial charge in [-0.1, -0.05) is 6.58 Å². The minimum Gasteiger partial charge on any atom is -0.490 e. The van der Waals surface area contributed by atoms with E-state index in [1.54, 1.807) is 18.0 Å². The lowest BCUT2D eigenvalue weighted by atomic mass is 9.96. The molecule has 234 valence electrons. The van der Waals surface area contributed by atoms with Gasteiger partial charge in [-0.05, 0) is 36.6 Å². The zero-order valence-corrected chi connectivity index (χ0v) is 26.0. The maximum Gasteiger partial charge on any atom is 0.246 e. The number of hydrogen-bond donors (Lipinski definition) is 0. The molecule has 0 radical (unpaired) electrons. The van der Waals surface area contributed by atoms with Gasteiger partial charge in [-0.2, -0.15) is 5.10 Å². The molecule has 0 saturated heterocycles.